The number of para-hydroxylation sites is 1. The Morgan fingerprint density at radius 1 is 1.33 bits per heavy atom. The number of hydrogen-bond donors (Lipinski definition) is 3. The zero-order valence-corrected chi connectivity index (χ0v) is 7.90. The lowest BCUT2D eigenvalue weighted by Gasteiger charge is -2.15. The summed E-state index contributed by atoms with van der Waals surface area (Å²) in [6, 6.07) is 6.64. The zero-order chi connectivity index (χ0) is 11.3. The predicted octanol–water partition coefficient (Wildman–Crippen LogP) is -0.324. The third-order valence-corrected chi connectivity index (χ3v) is 1.60. The SMILES string of the molecule is NC(N)=O.O=C1Cc2ccccc2ON1. The number of fused-ring (bicyclic) bond motifs is 1. The Morgan fingerprint density at radius 3 is 2.60 bits per heavy atom. The summed E-state index contributed by atoms with van der Waals surface area (Å²) < 4.78 is 0. The number of nitrogens with one attached hydrogen (secondary N) is 1. The van der Waals surface area contributed by atoms with Crippen LogP contribution in [0.5, 0.6) is 5.75 Å². The van der Waals surface area contributed by atoms with Gasteiger partial charge in [-0.05, 0) is 6.07 Å². The molecule has 6 heteroatoms. The minimum absolute atomic E-state index is 0.0938. The van der Waals surface area contributed by atoms with Gasteiger partial charge in [0.25, 0.3) is 5.91 Å². The number of hydrogen-bond acceptors (Lipinski definition) is 3. The molecule has 5 N–H and O–H groups in total. The van der Waals surface area contributed by atoms with Gasteiger partial charge in [-0.25, -0.2) is 4.79 Å². The molecule has 0 saturated heterocycles. The quantitative estimate of drug-likeness (QED) is 0.544. The summed E-state index contributed by atoms with van der Waals surface area (Å²) in [4.78, 5) is 24.7. The maximum absolute atomic E-state index is 10.8. The van der Waals surface area contributed by atoms with Crippen molar-refractivity contribution in [1.29, 1.82) is 0 Å². The van der Waals surface area contributed by atoms with Crippen molar-refractivity contribution in [2.24, 2.45) is 11.5 Å². The fourth-order valence-corrected chi connectivity index (χ4v) is 1.07. The number of hydroxylamine groups is 1. The second-order valence-electron chi connectivity index (χ2n) is 2.81. The van der Waals surface area contributed by atoms with Crippen LogP contribution in [0.15, 0.2) is 24.3 Å². The van der Waals surface area contributed by atoms with E-state index in [2.05, 4.69) is 16.9 Å². The first kappa shape index (κ1) is 10.8. The van der Waals surface area contributed by atoms with Gasteiger partial charge in [-0.1, -0.05) is 18.2 Å². The number of carbonyl (C=O) groups excluding carboxylic acids is 2. The smallest absolute Gasteiger partial charge is 0.309 e. The molecule has 0 bridgehead atoms. The van der Waals surface area contributed by atoms with Crippen molar-refractivity contribution in [3.8, 4) is 5.75 Å². The van der Waals surface area contributed by atoms with E-state index >= 15 is 0 Å². The molecule has 1 heterocycles. The lowest BCUT2D eigenvalue weighted by atomic mass is 10.1. The molecule has 0 aliphatic carbocycles. The third-order valence-electron chi connectivity index (χ3n) is 1.60. The van der Waals surface area contributed by atoms with Crippen LogP contribution in [-0.2, 0) is 11.2 Å². The van der Waals surface area contributed by atoms with Gasteiger partial charge in [0, 0.05) is 5.56 Å². The third kappa shape index (κ3) is 3.55. The lowest BCUT2D eigenvalue weighted by molar-refractivity contribution is -0.128. The van der Waals surface area contributed by atoms with Crippen molar-refractivity contribution in [3.05, 3.63) is 29.8 Å². The first-order valence-corrected chi connectivity index (χ1v) is 4.18. The molecule has 2 rings (SSSR count). The molecule has 0 saturated carbocycles. The summed E-state index contributed by atoms with van der Waals surface area (Å²) in [6.45, 7) is 0. The first-order valence-electron chi connectivity index (χ1n) is 4.18. The molecule has 0 aromatic heterocycles. The van der Waals surface area contributed by atoms with Gasteiger partial charge in [-0.15, -0.1) is 0 Å². The maximum Gasteiger partial charge on any atom is 0.309 e. The molecule has 1 aromatic rings. The molecule has 0 fully saturated rings. The molecule has 0 atom stereocenters. The van der Waals surface area contributed by atoms with Crippen molar-refractivity contribution in [2.45, 2.75) is 6.42 Å². The van der Waals surface area contributed by atoms with Crippen LogP contribution in [0.25, 0.3) is 0 Å². The second kappa shape index (κ2) is 4.85. The average Bonchev–Trinajstić information content (AvgIpc) is 2.16. The standard InChI is InChI=1S/C8H7NO2.CH4N2O/c10-8-5-6-3-1-2-4-7(6)11-9-8;2-1(3)4/h1-4H,5H2,(H,9,10);(H4,2,3,4). The molecule has 0 radical (unpaired) electrons. The molecule has 1 aliphatic rings. The van der Waals surface area contributed by atoms with Gasteiger partial charge >= 0.3 is 6.03 Å². The van der Waals surface area contributed by atoms with Crippen molar-refractivity contribution in [1.82, 2.24) is 5.48 Å². The van der Waals surface area contributed by atoms with Crippen molar-refractivity contribution >= 4 is 11.9 Å². The maximum atomic E-state index is 10.8. The monoisotopic (exact) mass is 209 g/mol. The topological polar surface area (TPSA) is 107 Å². The highest BCUT2D eigenvalue weighted by Crippen LogP contribution is 2.19. The Morgan fingerprint density at radius 2 is 1.93 bits per heavy atom. The Hall–Kier alpha value is -2.24. The summed E-state index contributed by atoms with van der Waals surface area (Å²) in [5, 5.41) is 0. The fraction of sp³-hybridized carbons (Fsp3) is 0.111. The Balaban J connectivity index is 0.000000245. The molecular formula is C9H11N3O3. The first-order chi connectivity index (χ1) is 7.09. The molecule has 6 nitrogen and oxygen atoms in total. The van der Waals surface area contributed by atoms with Gasteiger partial charge < -0.3 is 16.3 Å². The van der Waals surface area contributed by atoms with Crippen LogP contribution in [0.2, 0.25) is 0 Å². The van der Waals surface area contributed by atoms with E-state index in [4.69, 9.17) is 9.63 Å². The average molecular weight is 209 g/mol. The molecular weight excluding hydrogens is 198 g/mol. The van der Waals surface area contributed by atoms with E-state index in [1.54, 1.807) is 0 Å². The Bertz CT molecular complexity index is 375. The van der Waals surface area contributed by atoms with Gasteiger partial charge in [0.05, 0.1) is 6.42 Å². The zero-order valence-electron chi connectivity index (χ0n) is 7.90. The number of rotatable bonds is 0. The van der Waals surface area contributed by atoms with Crippen molar-refractivity contribution < 1.29 is 14.4 Å². The van der Waals surface area contributed by atoms with E-state index in [0.717, 1.165) is 11.3 Å². The van der Waals surface area contributed by atoms with Crippen LogP contribution in [0.4, 0.5) is 4.79 Å². The highest BCUT2D eigenvalue weighted by molar-refractivity contribution is 5.79. The van der Waals surface area contributed by atoms with Gasteiger partial charge in [0.1, 0.15) is 0 Å². The largest absolute Gasteiger partial charge is 0.379 e. The van der Waals surface area contributed by atoms with Crippen LogP contribution in [0.3, 0.4) is 0 Å². The summed E-state index contributed by atoms with van der Waals surface area (Å²) in [5.41, 5.74) is 11.7. The van der Waals surface area contributed by atoms with E-state index in [0.29, 0.717) is 6.42 Å². The highest BCUT2D eigenvalue weighted by Gasteiger charge is 2.14. The van der Waals surface area contributed by atoms with Crippen molar-refractivity contribution in [3.63, 3.8) is 0 Å². The number of primary amides is 2. The summed E-state index contributed by atoms with van der Waals surface area (Å²) in [5.74, 6) is 0.649. The van der Waals surface area contributed by atoms with E-state index < -0.39 is 6.03 Å². The molecule has 3 amide bonds. The van der Waals surface area contributed by atoms with Crippen LogP contribution in [0.1, 0.15) is 5.56 Å². The molecule has 1 aliphatic heterocycles. The fourth-order valence-electron chi connectivity index (χ4n) is 1.07. The van der Waals surface area contributed by atoms with Crippen LogP contribution in [-0.4, -0.2) is 11.9 Å². The Kier molecular flexibility index (Phi) is 3.50. The van der Waals surface area contributed by atoms with Gasteiger partial charge in [-0.2, -0.15) is 5.48 Å². The second-order valence-corrected chi connectivity index (χ2v) is 2.81. The molecule has 0 spiro atoms. The highest BCUT2D eigenvalue weighted by atomic mass is 16.7. The van der Waals surface area contributed by atoms with E-state index in [-0.39, 0.29) is 5.91 Å². The number of urea groups is 1. The summed E-state index contributed by atoms with van der Waals surface area (Å²) >= 11 is 0. The lowest BCUT2D eigenvalue weighted by Crippen LogP contribution is -2.32. The predicted molar refractivity (Wildman–Crippen MR) is 52.7 cm³/mol. The van der Waals surface area contributed by atoms with Crippen LogP contribution in [0, 0.1) is 0 Å². The Labute approximate surface area is 86.1 Å². The summed E-state index contributed by atoms with van der Waals surface area (Å²) in [7, 11) is 0. The molecule has 1 aromatic carbocycles. The number of benzene rings is 1. The molecule has 80 valence electrons. The molecule has 15 heavy (non-hydrogen) atoms. The van der Waals surface area contributed by atoms with E-state index in [9.17, 15) is 4.79 Å². The van der Waals surface area contributed by atoms with E-state index in [1.165, 1.54) is 0 Å². The summed E-state index contributed by atoms with van der Waals surface area (Å²) in [6.07, 6.45) is 0.413. The molecule has 0 unspecified atom stereocenters. The van der Waals surface area contributed by atoms with Crippen LogP contribution < -0.4 is 21.8 Å². The normalized spacial score (nSPS) is 12.4. The van der Waals surface area contributed by atoms with E-state index in [1.807, 2.05) is 24.3 Å². The van der Waals surface area contributed by atoms with Crippen molar-refractivity contribution in [2.75, 3.05) is 0 Å². The minimum Gasteiger partial charge on any atom is -0.379 e. The van der Waals surface area contributed by atoms with Crippen LogP contribution >= 0.6 is 0 Å². The minimum atomic E-state index is -0.833. The number of amides is 3. The van der Waals surface area contributed by atoms with Gasteiger partial charge in [-0.3, -0.25) is 4.79 Å². The van der Waals surface area contributed by atoms with Gasteiger partial charge in [0.15, 0.2) is 5.75 Å². The number of nitrogens with two attached hydrogens (primary N) is 2. The number of carbonyl (C=O) groups is 2. The van der Waals surface area contributed by atoms with Gasteiger partial charge in [0.2, 0.25) is 0 Å².